The second kappa shape index (κ2) is 8.52. The van der Waals surface area contributed by atoms with E-state index in [0.717, 1.165) is 19.6 Å². The van der Waals surface area contributed by atoms with Gasteiger partial charge in [-0.15, -0.1) is 0 Å². The van der Waals surface area contributed by atoms with Crippen molar-refractivity contribution in [1.82, 2.24) is 14.8 Å². The van der Waals surface area contributed by atoms with E-state index in [0.29, 0.717) is 41.2 Å². The third-order valence-corrected chi connectivity index (χ3v) is 4.65. The molecule has 1 aliphatic rings. The van der Waals surface area contributed by atoms with Gasteiger partial charge in [-0.25, -0.2) is 4.98 Å². The number of ether oxygens (including phenoxy) is 1. The number of para-hydroxylation sites is 1. The van der Waals surface area contributed by atoms with Gasteiger partial charge in [0.05, 0.1) is 5.02 Å². The predicted octanol–water partition coefficient (Wildman–Crippen LogP) is 3.23. The first kappa shape index (κ1) is 18.0. The number of aromatic nitrogens is 1. The summed E-state index contributed by atoms with van der Waals surface area (Å²) in [6.07, 6.45) is 1.55. The second-order valence-electron chi connectivity index (χ2n) is 5.78. The summed E-state index contributed by atoms with van der Waals surface area (Å²) in [5, 5.41) is 0.954. The van der Waals surface area contributed by atoms with Crippen LogP contribution in [0, 0.1) is 0 Å². The van der Waals surface area contributed by atoms with Crippen LogP contribution >= 0.6 is 23.2 Å². The van der Waals surface area contributed by atoms with Crippen molar-refractivity contribution >= 4 is 29.1 Å². The Labute approximate surface area is 157 Å². The van der Waals surface area contributed by atoms with Crippen molar-refractivity contribution in [3.8, 4) is 5.75 Å². The lowest BCUT2D eigenvalue weighted by atomic mass is 10.2. The normalized spacial score (nSPS) is 15.2. The third-order valence-electron chi connectivity index (χ3n) is 4.13. The van der Waals surface area contributed by atoms with E-state index in [-0.39, 0.29) is 5.91 Å². The lowest BCUT2D eigenvalue weighted by molar-refractivity contribution is 0.0620. The van der Waals surface area contributed by atoms with E-state index in [2.05, 4.69) is 9.88 Å². The standard InChI is InChI=1S/C18H19Cl2N3O2/c19-15-3-1-2-4-16(15)25-12-11-22-7-9-23(10-8-22)18(24)14-5-6-21-17(20)13-14/h1-6,13H,7-12H2. The van der Waals surface area contributed by atoms with Crippen LogP contribution in [0.1, 0.15) is 10.4 Å². The average molecular weight is 380 g/mol. The minimum absolute atomic E-state index is 0.00346. The molecular weight excluding hydrogens is 361 g/mol. The van der Waals surface area contributed by atoms with Crippen molar-refractivity contribution in [2.24, 2.45) is 0 Å². The minimum Gasteiger partial charge on any atom is -0.491 e. The molecule has 132 valence electrons. The van der Waals surface area contributed by atoms with Gasteiger partial charge in [0.25, 0.3) is 5.91 Å². The summed E-state index contributed by atoms with van der Waals surface area (Å²) < 4.78 is 5.72. The highest BCUT2D eigenvalue weighted by atomic mass is 35.5. The fraction of sp³-hybridized carbons (Fsp3) is 0.333. The molecule has 0 unspecified atom stereocenters. The van der Waals surface area contributed by atoms with Crippen molar-refractivity contribution in [3.05, 3.63) is 58.3 Å². The Balaban J connectivity index is 1.44. The van der Waals surface area contributed by atoms with Crippen LogP contribution < -0.4 is 4.74 Å². The first-order chi connectivity index (χ1) is 12.1. The highest BCUT2D eigenvalue weighted by Gasteiger charge is 2.22. The molecule has 0 saturated carbocycles. The molecule has 7 heteroatoms. The van der Waals surface area contributed by atoms with E-state index < -0.39 is 0 Å². The number of halogens is 2. The molecule has 1 fully saturated rings. The summed E-state index contributed by atoms with van der Waals surface area (Å²) >= 11 is 11.9. The topological polar surface area (TPSA) is 45.7 Å². The number of hydrogen-bond donors (Lipinski definition) is 0. The monoisotopic (exact) mass is 379 g/mol. The molecule has 2 aromatic rings. The summed E-state index contributed by atoms with van der Waals surface area (Å²) in [6.45, 7) is 4.37. The summed E-state index contributed by atoms with van der Waals surface area (Å²) in [5.41, 5.74) is 0.579. The van der Waals surface area contributed by atoms with E-state index in [1.54, 1.807) is 18.3 Å². The largest absolute Gasteiger partial charge is 0.491 e. The van der Waals surface area contributed by atoms with Crippen LogP contribution in [0.2, 0.25) is 10.2 Å². The minimum atomic E-state index is -0.00346. The van der Waals surface area contributed by atoms with Gasteiger partial charge in [0.15, 0.2) is 0 Å². The maximum absolute atomic E-state index is 12.5. The molecule has 1 aliphatic heterocycles. The van der Waals surface area contributed by atoms with Gasteiger partial charge in [0, 0.05) is 44.5 Å². The highest BCUT2D eigenvalue weighted by molar-refractivity contribution is 6.32. The molecule has 1 aromatic carbocycles. The summed E-state index contributed by atoms with van der Waals surface area (Å²) in [6, 6.07) is 10.7. The molecule has 0 atom stereocenters. The van der Waals surface area contributed by atoms with E-state index in [4.69, 9.17) is 27.9 Å². The van der Waals surface area contributed by atoms with E-state index in [9.17, 15) is 4.79 Å². The Morgan fingerprint density at radius 3 is 2.60 bits per heavy atom. The second-order valence-corrected chi connectivity index (χ2v) is 6.57. The molecule has 1 saturated heterocycles. The Kier molecular flexibility index (Phi) is 6.13. The Morgan fingerprint density at radius 1 is 1.12 bits per heavy atom. The number of piperazine rings is 1. The Morgan fingerprint density at radius 2 is 1.88 bits per heavy atom. The number of carbonyl (C=O) groups excluding carboxylic acids is 1. The molecule has 25 heavy (non-hydrogen) atoms. The first-order valence-electron chi connectivity index (χ1n) is 8.14. The lowest BCUT2D eigenvalue weighted by Gasteiger charge is -2.34. The van der Waals surface area contributed by atoms with E-state index >= 15 is 0 Å². The number of nitrogens with zero attached hydrogens (tertiary/aromatic N) is 3. The van der Waals surface area contributed by atoms with Crippen LogP contribution in [0.5, 0.6) is 5.75 Å². The van der Waals surface area contributed by atoms with Crippen LogP contribution in [-0.2, 0) is 0 Å². The summed E-state index contributed by atoms with van der Waals surface area (Å²) in [4.78, 5) is 20.5. The van der Waals surface area contributed by atoms with Gasteiger partial charge in [0.1, 0.15) is 17.5 Å². The molecule has 0 spiro atoms. The number of hydrogen-bond acceptors (Lipinski definition) is 4. The Bertz CT molecular complexity index is 734. The van der Waals surface area contributed by atoms with Gasteiger partial charge in [-0.1, -0.05) is 35.3 Å². The molecule has 1 aromatic heterocycles. The highest BCUT2D eigenvalue weighted by Crippen LogP contribution is 2.23. The number of amides is 1. The quantitative estimate of drug-likeness (QED) is 0.748. The first-order valence-corrected chi connectivity index (χ1v) is 8.89. The van der Waals surface area contributed by atoms with E-state index in [1.165, 1.54) is 0 Å². The Hall–Kier alpha value is -1.82. The van der Waals surface area contributed by atoms with Crippen LogP contribution in [0.4, 0.5) is 0 Å². The van der Waals surface area contributed by atoms with Gasteiger partial charge in [-0.05, 0) is 24.3 Å². The molecular formula is C18H19Cl2N3O2. The maximum Gasteiger partial charge on any atom is 0.254 e. The van der Waals surface area contributed by atoms with E-state index in [1.807, 2.05) is 29.2 Å². The van der Waals surface area contributed by atoms with Crippen molar-refractivity contribution in [3.63, 3.8) is 0 Å². The molecule has 0 N–H and O–H groups in total. The smallest absolute Gasteiger partial charge is 0.254 e. The molecule has 0 radical (unpaired) electrons. The molecule has 2 heterocycles. The van der Waals surface area contributed by atoms with Crippen LogP contribution in [0.3, 0.4) is 0 Å². The number of pyridine rings is 1. The van der Waals surface area contributed by atoms with Gasteiger partial charge in [-0.3, -0.25) is 9.69 Å². The zero-order valence-corrected chi connectivity index (χ0v) is 15.2. The van der Waals surface area contributed by atoms with Crippen LogP contribution in [0.15, 0.2) is 42.6 Å². The fourth-order valence-electron chi connectivity index (χ4n) is 2.74. The number of rotatable bonds is 5. The number of benzene rings is 1. The molecule has 5 nitrogen and oxygen atoms in total. The third kappa shape index (κ3) is 4.84. The average Bonchev–Trinajstić information content (AvgIpc) is 2.63. The van der Waals surface area contributed by atoms with Gasteiger partial charge in [0.2, 0.25) is 0 Å². The van der Waals surface area contributed by atoms with Crippen molar-refractivity contribution < 1.29 is 9.53 Å². The van der Waals surface area contributed by atoms with Gasteiger partial charge in [-0.2, -0.15) is 0 Å². The molecule has 0 aliphatic carbocycles. The van der Waals surface area contributed by atoms with Gasteiger partial charge >= 0.3 is 0 Å². The zero-order valence-electron chi connectivity index (χ0n) is 13.7. The zero-order chi connectivity index (χ0) is 17.6. The van der Waals surface area contributed by atoms with Crippen molar-refractivity contribution in [1.29, 1.82) is 0 Å². The number of carbonyl (C=O) groups is 1. The molecule has 0 bridgehead atoms. The summed E-state index contributed by atoms with van der Waals surface area (Å²) in [5.74, 6) is 0.698. The van der Waals surface area contributed by atoms with Crippen LogP contribution in [-0.4, -0.2) is 60.0 Å². The predicted molar refractivity (Wildman–Crippen MR) is 98.5 cm³/mol. The maximum atomic E-state index is 12.5. The SMILES string of the molecule is O=C(c1ccnc(Cl)c1)N1CCN(CCOc2ccccc2Cl)CC1. The van der Waals surface area contributed by atoms with Gasteiger partial charge < -0.3 is 9.64 Å². The van der Waals surface area contributed by atoms with Crippen molar-refractivity contribution in [2.45, 2.75) is 0 Å². The van der Waals surface area contributed by atoms with Crippen molar-refractivity contribution in [2.75, 3.05) is 39.3 Å². The van der Waals surface area contributed by atoms with Crippen LogP contribution in [0.25, 0.3) is 0 Å². The molecule has 1 amide bonds. The fourth-order valence-corrected chi connectivity index (χ4v) is 3.10. The molecule has 3 rings (SSSR count). The summed E-state index contributed by atoms with van der Waals surface area (Å²) in [7, 11) is 0. The lowest BCUT2D eigenvalue weighted by Crippen LogP contribution is -2.49.